The van der Waals surface area contributed by atoms with Crippen molar-refractivity contribution in [3.8, 4) is 0 Å². The standard InChI is InChI=1S/C10H19BrN2OSi/c1-9-7-10(11)12-13(9)8-14-5-6-15(2,3)4/h7H,5-6,8H2,1-4H3. The minimum absolute atomic E-state index is 0.557. The van der Waals surface area contributed by atoms with Crippen LogP contribution in [0.25, 0.3) is 0 Å². The third-order valence-electron chi connectivity index (χ3n) is 2.16. The molecule has 0 saturated carbocycles. The van der Waals surface area contributed by atoms with Gasteiger partial charge in [-0.2, -0.15) is 5.10 Å². The molecule has 0 spiro atoms. The molecule has 3 nitrogen and oxygen atoms in total. The number of aryl methyl sites for hydroxylation is 1. The van der Waals surface area contributed by atoms with Crippen LogP contribution in [-0.2, 0) is 11.5 Å². The Labute approximate surface area is 101 Å². The average Bonchev–Trinajstić information content (AvgIpc) is 2.37. The Balaban J connectivity index is 2.29. The smallest absolute Gasteiger partial charge is 0.139 e. The van der Waals surface area contributed by atoms with E-state index in [0.29, 0.717) is 6.73 Å². The topological polar surface area (TPSA) is 27.1 Å². The lowest BCUT2D eigenvalue weighted by molar-refractivity contribution is 0.0769. The van der Waals surface area contributed by atoms with E-state index in [0.717, 1.165) is 16.9 Å². The fraction of sp³-hybridized carbons (Fsp3) is 0.700. The largest absolute Gasteiger partial charge is 0.360 e. The molecule has 1 heterocycles. The highest BCUT2D eigenvalue weighted by atomic mass is 79.9. The van der Waals surface area contributed by atoms with Crippen LogP contribution in [0.3, 0.4) is 0 Å². The summed E-state index contributed by atoms with van der Waals surface area (Å²) in [5.74, 6) is 0. The molecule has 0 unspecified atom stereocenters. The Morgan fingerprint density at radius 3 is 2.60 bits per heavy atom. The first kappa shape index (κ1) is 12.9. The predicted molar refractivity (Wildman–Crippen MR) is 68.8 cm³/mol. The molecule has 5 heteroatoms. The summed E-state index contributed by atoms with van der Waals surface area (Å²) >= 11 is 3.34. The molecule has 1 aromatic heterocycles. The Morgan fingerprint density at radius 1 is 1.47 bits per heavy atom. The minimum Gasteiger partial charge on any atom is -0.360 e. The van der Waals surface area contributed by atoms with Gasteiger partial charge in [-0.3, -0.25) is 0 Å². The van der Waals surface area contributed by atoms with E-state index in [9.17, 15) is 0 Å². The Hall–Kier alpha value is -0.133. The second-order valence-corrected chi connectivity index (χ2v) is 11.4. The van der Waals surface area contributed by atoms with Crippen molar-refractivity contribution in [1.82, 2.24) is 9.78 Å². The van der Waals surface area contributed by atoms with Crippen LogP contribution in [0.5, 0.6) is 0 Å². The van der Waals surface area contributed by atoms with Crippen LogP contribution in [-0.4, -0.2) is 24.5 Å². The zero-order chi connectivity index (χ0) is 11.5. The first-order chi connectivity index (χ1) is 6.88. The maximum Gasteiger partial charge on any atom is 0.139 e. The van der Waals surface area contributed by atoms with Crippen molar-refractivity contribution in [1.29, 1.82) is 0 Å². The second kappa shape index (κ2) is 5.27. The lowest BCUT2D eigenvalue weighted by atomic mass is 10.5. The number of ether oxygens (including phenoxy) is 1. The first-order valence-electron chi connectivity index (χ1n) is 5.16. The van der Waals surface area contributed by atoms with Gasteiger partial charge >= 0.3 is 0 Å². The summed E-state index contributed by atoms with van der Waals surface area (Å²) in [5.41, 5.74) is 1.12. The van der Waals surface area contributed by atoms with Crippen LogP contribution in [0, 0.1) is 6.92 Å². The second-order valence-electron chi connectivity index (χ2n) is 4.96. The van der Waals surface area contributed by atoms with E-state index in [1.807, 2.05) is 17.7 Å². The van der Waals surface area contributed by atoms with Crippen LogP contribution >= 0.6 is 15.9 Å². The van der Waals surface area contributed by atoms with Crippen molar-refractivity contribution in [3.63, 3.8) is 0 Å². The van der Waals surface area contributed by atoms with E-state index in [4.69, 9.17) is 4.74 Å². The molecule has 0 aliphatic rings. The molecular formula is C10H19BrN2OSi. The number of rotatable bonds is 5. The van der Waals surface area contributed by atoms with E-state index < -0.39 is 8.07 Å². The molecule has 0 saturated heterocycles. The first-order valence-corrected chi connectivity index (χ1v) is 9.66. The van der Waals surface area contributed by atoms with E-state index >= 15 is 0 Å². The highest BCUT2D eigenvalue weighted by Gasteiger charge is 2.12. The molecule has 0 bridgehead atoms. The predicted octanol–water partition coefficient (Wildman–Crippen LogP) is 3.27. The van der Waals surface area contributed by atoms with Gasteiger partial charge in [0.1, 0.15) is 11.3 Å². The van der Waals surface area contributed by atoms with E-state index in [1.54, 1.807) is 0 Å². The molecule has 0 fully saturated rings. The lowest BCUT2D eigenvalue weighted by Crippen LogP contribution is -2.22. The summed E-state index contributed by atoms with van der Waals surface area (Å²) < 4.78 is 8.34. The quantitative estimate of drug-likeness (QED) is 0.615. The van der Waals surface area contributed by atoms with Crippen molar-refractivity contribution in [2.24, 2.45) is 0 Å². The molecule has 15 heavy (non-hydrogen) atoms. The molecule has 0 atom stereocenters. The Kier molecular flexibility index (Phi) is 4.55. The molecule has 0 N–H and O–H groups in total. The SMILES string of the molecule is Cc1cc(Br)nn1COCC[Si](C)(C)C. The summed E-state index contributed by atoms with van der Waals surface area (Å²) in [6.45, 7) is 10.5. The number of aromatic nitrogens is 2. The van der Waals surface area contributed by atoms with Crippen LogP contribution in [0.2, 0.25) is 25.7 Å². The van der Waals surface area contributed by atoms with E-state index in [1.165, 1.54) is 6.04 Å². The summed E-state index contributed by atoms with van der Waals surface area (Å²) in [6.07, 6.45) is 0. The normalized spacial score (nSPS) is 12.1. The van der Waals surface area contributed by atoms with Crippen molar-refractivity contribution in [3.05, 3.63) is 16.4 Å². The molecule has 0 aromatic carbocycles. The molecule has 1 rings (SSSR count). The highest BCUT2D eigenvalue weighted by Crippen LogP contribution is 2.11. The molecule has 86 valence electrons. The van der Waals surface area contributed by atoms with Gasteiger partial charge in [-0.1, -0.05) is 19.6 Å². The fourth-order valence-electron chi connectivity index (χ4n) is 1.13. The number of halogens is 1. The summed E-state index contributed by atoms with van der Waals surface area (Å²) in [4.78, 5) is 0. The average molecular weight is 291 g/mol. The van der Waals surface area contributed by atoms with Crippen LogP contribution in [0.15, 0.2) is 10.7 Å². The molecule has 0 aliphatic heterocycles. The maximum atomic E-state index is 5.60. The monoisotopic (exact) mass is 290 g/mol. The van der Waals surface area contributed by atoms with Crippen molar-refractivity contribution in [2.75, 3.05) is 6.61 Å². The van der Waals surface area contributed by atoms with Gasteiger partial charge < -0.3 is 4.74 Å². The number of hydrogen-bond donors (Lipinski definition) is 0. The summed E-state index contributed by atoms with van der Waals surface area (Å²) in [6, 6.07) is 3.19. The van der Waals surface area contributed by atoms with Crippen LogP contribution in [0.4, 0.5) is 0 Å². The molecule has 0 aliphatic carbocycles. The minimum atomic E-state index is -0.968. The van der Waals surface area contributed by atoms with Crippen molar-refractivity contribution in [2.45, 2.75) is 39.3 Å². The van der Waals surface area contributed by atoms with Gasteiger partial charge in [-0.25, -0.2) is 4.68 Å². The van der Waals surface area contributed by atoms with Gasteiger partial charge in [0.15, 0.2) is 0 Å². The van der Waals surface area contributed by atoms with Gasteiger partial charge in [-0.05, 0) is 35.0 Å². The third-order valence-corrected chi connectivity index (χ3v) is 4.25. The van der Waals surface area contributed by atoms with Crippen LogP contribution < -0.4 is 0 Å². The van der Waals surface area contributed by atoms with Crippen LogP contribution in [0.1, 0.15) is 5.69 Å². The van der Waals surface area contributed by atoms with Gasteiger partial charge in [0.25, 0.3) is 0 Å². The Bertz CT molecular complexity index is 320. The van der Waals surface area contributed by atoms with Gasteiger partial charge in [0, 0.05) is 20.4 Å². The third kappa shape index (κ3) is 4.95. The molecule has 1 aromatic rings. The molecule has 0 amide bonds. The summed E-state index contributed by atoms with van der Waals surface area (Å²) in [7, 11) is -0.968. The van der Waals surface area contributed by atoms with Gasteiger partial charge in [-0.15, -0.1) is 0 Å². The fourth-order valence-corrected chi connectivity index (χ4v) is 2.41. The van der Waals surface area contributed by atoms with Crippen molar-refractivity contribution >= 4 is 24.0 Å². The Morgan fingerprint density at radius 2 is 2.13 bits per heavy atom. The van der Waals surface area contributed by atoms with E-state index in [2.05, 4.69) is 40.7 Å². The lowest BCUT2D eigenvalue weighted by Gasteiger charge is -2.15. The molecular weight excluding hydrogens is 272 g/mol. The van der Waals surface area contributed by atoms with Gasteiger partial charge in [0.2, 0.25) is 0 Å². The van der Waals surface area contributed by atoms with Crippen molar-refractivity contribution < 1.29 is 4.74 Å². The summed E-state index contributed by atoms with van der Waals surface area (Å²) in [5, 5.41) is 4.26. The molecule has 0 radical (unpaired) electrons. The zero-order valence-corrected chi connectivity index (χ0v) is 12.5. The highest BCUT2D eigenvalue weighted by molar-refractivity contribution is 9.10. The number of hydrogen-bond acceptors (Lipinski definition) is 2. The number of nitrogens with zero attached hydrogens (tertiary/aromatic N) is 2. The van der Waals surface area contributed by atoms with E-state index in [-0.39, 0.29) is 0 Å². The zero-order valence-electron chi connectivity index (χ0n) is 9.88. The maximum absolute atomic E-state index is 5.60. The van der Waals surface area contributed by atoms with Gasteiger partial charge in [0.05, 0.1) is 0 Å².